The zero-order chi connectivity index (χ0) is 12.2. The number of carbonyl (C=O) groups excluding carboxylic acids is 2. The zero-order valence-electron chi connectivity index (χ0n) is 9.75. The Balaban J connectivity index is 3.39. The molecule has 0 aliphatic heterocycles. The lowest BCUT2D eigenvalue weighted by molar-refractivity contribution is -0.139. The summed E-state index contributed by atoms with van der Waals surface area (Å²) in [5, 5.41) is 4.83. The van der Waals surface area contributed by atoms with E-state index in [1.807, 2.05) is 0 Å². The van der Waals surface area contributed by atoms with Gasteiger partial charge in [0.1, 0.15) is 0 Å². The molecule has 0 aliphatic carbocycles. The molecule has 0 fully saturated rings. The molecule has 0 spiro atoms. The third-order valence-corrected chi connectivity index (χ3v) is 1.81. The number of ether oxygens (including phenoxy) is 1. The van der Waals surface area contributed by atoms with E-state index in [-0.39, 0.29) is 0 Å². The van der Waals surface area contributed by atoms with Crippen molar-refractivity contribution in [3.63, 3.8) is 0 Å². The first-order valence-corrected chi connectivity index (χ1v) is 5.56. The number of nitrogens with two attached hydrogens (primary N) is 1. The van der Waals surface area contributed by atoms with Crippen molar-refractivity contribution in [2.75, 3.05) is 32.8 Å². The predicted molar refractivity (Wildman–Crippen MR) is 60.8 cm³/mol. The van der Waals surface area contributed by atoms with Gasteiger partial charge in [-0.15, -0.1) is 0 Å². The van der Waals surface area contributed by atoms with Gasteiger partial charge in [0, 0.05) is 26.2 Å². The summed E-state index contributed by atoms with van der Waals surface area (Å²) >= 11 is 0. The lowest BCUT2D eigenvalue weighted by Gasteiger charge is -2.06. The van der Waals surface area contributed by atoms with Crippen molar-refractivity contribution in [3.8, 4) is 0 Å². The lowest BCUT2D eigenvalue weighted by atomic mass is 10.4. The average Bonchev–Trinajstić information content (AvgIpc) is 2.30. The molecule has 6 nitrogen and oxygen atoms in total. The highest BCUT2D eigenvalue weighted by molar-refractivity contribution is 6.35. The Bertz CT molecular complexity index is 209. The average molecular weight is 231 g/mol. The second kappa shape index (κ2) is 10.4. The molecule has 0 aromatic heterocycles. The molecule has 6 heteroatoms. The molecule has 94 valence electrons. The van der Waals surface area contributed by atoms with Gasteiger partial charge in [0.05, 0.1) is 6.61 Å². The molecule has 0 saturated carbocycles. The first-order chi connectivity index (χ1) is 7.72. The van der Waals surface area contributed by atoms with Crippen LogP contribution in [-0.2, 0) is 14.3 Å². The predicted octanol–water partition coefficient (Wildman–Crippen LogP) is -1.01. The van der Waals surface area contributed by atoms with Crippen molar-refractivity contribution in [3.05, 3.63) is 0 Å². The molecular formula is C10H21N3O3. The van der Waals surface area contributed by atoms with Gasteiger partial charge in [0.15, 0.2) is 0 Å². The fourth-order valence-corrected chi connectivity index (χ4v) is 0.931. The van der Waals surface area contributed by atoms with E-state index in [9.17, 15) is 9.59 Å². The minimum absolute atomic E-state index is 0.305. The van der Waals surface area contributed by atoms with E-state index in [2.05, 4.69) is 17.6 Å². The highest BCUT2D eigenvalue weighted by Crippen LogP contribution is 1.86. The number of hydrogen-bond donors (Lipinski definition) is 3. The molecule has 0 heterocycles. The highest BCUT2D eigenvalue weighted by atomic mass is 16.5. The summed E-state index contributed by atoms with van der Waals surface area (Å²) in [5.74, 6) is -1.30. The SMILES string of the molecule is CCCCOCCNC(=O)C(=O)NCCN. The van der Waals surface area contributed by atoms with Crippen molar-refractivity contribution in [1.82, 2.24) is 10.6 Å². The Labute approximate surface area is 95.9 Å². The van der Waals surface area contributed by atoms with Crippen LogP contribution in [0.15, 0.2) is 0 Å². The van der Waals surface area contributed by atoms with Gasteiger partial charge in [0.25, 0.3) is 0 Å². The van der Waals surface area contributed by atoms with Crippen LogP contribution in [0.25, 0.3) is 0 Å². The maximum Gasteiger partial charge on any atom is 0.309 e. The van der Waals surface area contributed by atoms with Crippen LogP contribution in [0.1, 0.15) is 19.8 Å². The van der Waals surface area contributed by atoms with E-state index >= 15 is 0 Å². The van der Waals surface area contributed by atoms with Gasteiger partial charge in [-0.25, -0.2) is 0 Å². The number of nitrogens with one attached hydrogen (secondary N) is 2. The summed E-state index contributed by atoms with van der Waals surface area (Å²) in [6, 6.07) is 0. The Morgan fingerprint density at radius 2 is 1.75 bits per heavy atom. The number of unbranched alkanes of at least 4 members (excludes halogenated alkanes) is 1. The summed E-state index contributed by atoms with van der Waals surface area (Å²) in [7, 11) is 0. The molecule has 0 aromatic rings. The Kier molecular flexibility index (Phi) is 9.64. The van der Waals surface area contributed by atoms with E-state index < -0.39 is 11.8 Å². The van der Waals surface area contributed by atoms with Gasteiger partial charge in [-0.05, 0) is 6.42 Å². The molecule has 0 radical (unpaired) electrons. The largest absolute Gasteiger partial charge is 0.380 e. The molecule has 0 atom stereocenters. The summed E-state index contributed by atoms with van der Waals surface area (Å²) in [5.41, 5.74) is 5.18. The third kappa shape index (κ3) is 8.19. The van der Waals surface area contributed by atoms with Crippen molar-refractivity contribution in [2.24, 2.45) is 5.73 Å². The van der Waals surface area contributed by atoms with Crippen molar-refractivity contribution >= 4 is 11.8 Å². The van der Waals surface area contributed by atoms with Crippen molar-refractivity contribution < 1.29 is 14.3 Å². The molecule has 4 N–H and O–H groups in total. The Hall–Kier alpha value is -1.14. The van der Waals surface area contributed by atoms with Crippen LogP contribution >= 0.6 is 0 Å². The van der Waals surface area contributed by atoms with Gasteiger partial charge < -0.3 is 21.1 Å². The van der Waals surface area contributed by atoms with Gasteiger partial charge in [-0.3, -0.25) is 9.59 Å². The van der Waals surface area contributed by atoms with Crippen LogP contribution in [0.4, 0.5) is 0 Å². The Morgan fingerprint density at radius 1 is 1.12 bits per heavy atom. The van der Waals surface area contributed by atoms with E-state index in [0.29, 0.717) is 32.8 Å². The smallest absolute Gasteiger partial charge is 0.309 e. The van der Waals surface area contributed by atoms with Gasteiger partial charge >= 0.3 is 11.8 Å². The van der Waals surface area contributed by atoms with Crippen LogP contribution in [0, 0.1) is 0 Å². The molecule has 0 unspecified atom stereocenters. The van der Waals surface area contributed by atoms with Gasteiger partial charge in [-0.2, -0.15) is 0 Å². The number of amides is 2. The minimum Gasteiger partial charge on any atom is -0.380 e. The summed E-state index contributed by atoms with van der Waals surface area (Å²) < 4.78 is 5.22. The monoisotopic (exact) mass is 231 g/mol. The van der Waals surface area contributed by atoms with Crippen LogP contribution < -0.4 is 16.4 Å². The van der Waals surface area contributed by atoms with Crippen LogP contribution in [0.2, 0.25) is 0 Å². The van der Waals surface area contributed by atoms with E-state index in [1.165, 1.54) is 0 Å². The van der Waals surface area contributed by atoms with Gasteiger partial charge in [0.2, 0.25) is 0 Å². The van der Waals surface area contributed by atoms with Crippen LogP contribution in [0.3, 0.4) is 0 Å². The molecule has 0 bridgehead atoms. The maximum atomic E-state index is 11.1. The quantitative estimate of drug-likeness (QED) is 0.369. The molecule has 0 rings (SSSR count). The fourth-order valence-electron chi connectivity index (χ4n) is 0.931. The van der Waals surface area contributed by atoms with Gasteiger partial charge in [-0.1, -0.05) is 13.3 Å². The number of rotatable bonds is 8. The van der Waals surface area contributed by atoms with Crippen molar-refractivity contribution in [1.29, 1.82) is 0 Å². The Morgan fingerprint density at radius 3 is 2.31 bits per heavy atom. The number of carbonyl (C=O) groups is 2. The van der Waals surface area contributed by atoms with Crippen LogP contribution in [-0.4, -0.2) is 44.7 Å². The molecule has 0 saturated heterocycles. The van der Waals surface area contributed by atoms with E-state index in [4.69, 9.17) is 10.5 Å². The summed E-state index contributed by atoms with van der Waals surface area (Å²) in [6.45, 7) is 4.16. The molecular weight excluding hydrogens is 210 g/mol. The standard InChI is InChI=1S/C10H21N3O3/c1-2-3-7-16-8-6-13-10(15)9(14)12-5-4-11/h2-8,11H2,1H3,(H,12,14)(H,13,15). The number of hydrogen-bond acceptors (Lipinski definition) is 4. The molecule has 16 heavy (non-hydrogen) atoms. The fraction of sp³-hybridized carbons (Fsp3) is 0.800. The molecule has 0 aliphatic rings. The summed E-state index contributed by atoms with van der Waals surface area (Å²) in [4.78, 5) is 22.2. The molecule has 0 aromatic carbocycles. The summed E-state index contributed by atoms with van der Waals surface area (Å²) in [6.07, 6.45) is 2.08. The first-order valence-electron chi connectivity index (χ1n) is 5.56. The minimum atomic E-state index is -0.654. The van der Waals surface area contributed by atoms with E-state index in [0.717, 1.165) is 12.8 Å². The first kappa shape index (κ1) is 14.9. The third-order valence-electron chi connectivity index (χ3n) is 1.81. The highest BCUT2D eigenvalue weighted by Gasteiger charge is 2.10. The normalized spacial score (nSPS) is 9.88. The lowest BCUT2D eigenvalue weighted by Crippen LogP contribution is -2.42. The van der Waals surface area contributed by atoms with Crippen LogP contribution in [0.5, 0.6) is 0 Å². The van der Waals surface area contributed by atoms with E-state index in [1.54, 1.807) is 0 Å². The second-order valence-electron chi connectivity index (χ2n) is 3.27. The zero-order valence-corrected chi connectivity index (χ0v) is 9.75. The second-order valence-corrected chi connectivity index (χ2v) is 3.27. The van der Waals surface area contributed by atoms with Crippen molar-refractivity contribution in [2.45, 2.75) is 19.8 Å². The maximum absolute atomic E-state index is 11.1. The molecule has 2 amide bonds. The topological polar surface area (TPSA) is 93.4 Å².